The molecule has 0 aromatic rings. The van der Waals surface area contributed by atoms with Crippen LogP contribution in [0.2, 0.25) is 0 Å². The molecular weight excluding hydrogens is 230 g/mol. The Morgan fingerprint density at radius 2 is 2.19 bits per heavy atom. The minimum Gasteiger partial charge on any atom is -0.480 e. The van der Waals surface area contributed by atoms with Crippen molar-refractivity contribution in [2.75, 3.05) is 25.2 Å². The summed E-state index contributed by atoms with van der Waals surface area (Å²) in [5, 5.41) is 11.3. The number of hydrogen-bond acceptors (Lipinski definition) is 4. The molecule has 0 aliphatic rings. The van der Waals surface area contributed by atoms with Gasteiger partial charge in [0.05, 0.1) is 6.61 Å². The number of amides is 1. The Morgan fingerprint density at radius 3 is 2.69 bits per heavy atom. The molecular formula is C10H19NO4S. The van der Waals surface area contributed by atoms with E-state index in [0.717, 1.165) is 0 Å². The van der Waals surface area contributed by atoms with Crippen LogP contribution in [0.15, 0.2) is 0 Å². The van der Waals surface area contributed by atoms with Gasteiger partial charge in [-0.15, -0.1) is 0 Å². The van der Waals surface area contributed by atoms with Gasteiger partial charge in [0.1, 0.15) is 6.04 Å². The molecule has 0 aliphatic heterocycles. The summed E-state index contributed by atoms with van der Waals surface area (Å²) >= 11 is 1.56. The average Bonchev–Trinajstić information content (AvgIpc) is 2.24. The first-order valence-electron chi connectivity index (χ1n) is 5.20. The van der Waals surface area contributed by atoms with Crippen molar-refractivity contribution in [3.05, 3.63) is 0 Å². The lowest BCUT2D eigenvalue weighted by Crippen LogP contribution is -2.41. The fourth-order valence-electron chi connectivity index (χ4n) is 1.07. The predicted molar refractivity (Wildman–Crippen MR) is 63.7 cm³/mol. The first-order chi connectivity index (χ1) is 7.61. The summed E-state index contributed by atoms with van der Waals surface area (Å²) in [4.78, 5) is 22.2. The molecule has 0 spiro atoms. The number of hydrogen-bond donors (Lipinski definition) is 2. The molecule has 0 bridgehead atoms. The third-order valence-electron chi connectivity index (χ3n) is 1.92. The van der Waals surface area contributed by atoms with Crippen LogP contribution in [-0.2, 0) is 14.3 Å². The number of ether oxygens (including phenoxy) is 1. The molecule has 0 fully saturated rings. The van der Waals surface area contributed by atoms with E-state index in [-0.39, 0.29) is 12.3 Å². The maximum atomic E-state index is 11.3. The van der Waals surface area contributed by atoms with Crippen LogP contribution in [0.4, 0.5) is 0 Å². The standard InChI is InChI=1S/C10H19NO4S/c1-3-15-6-4-9(12)11-8(10(13)14)5-7-16-2/h8H,3-7H2,1-2H3,(H,11,12)(H,13,14)/t8-/m0/s1. The van der Waals surface area contributed by atoms with Crippen molar-refractivity contribution in [3.63, 3.8) is 0 Å². The normalized spacial score (nSPS) is 12.1. The van der Waals surface area contributed by atoms with E-state index in [1.165, 1.54) is 0 Å². The fourth-order valence-corrected chi connectivity index (χ4v) is 1.54. The van der Waals surface area contributed by atoms with Gasteiger partial charge in [-0.3, -0.25) is 4.79 Å². The number of carboxylic acid groups (broad SMARTS) is 1. The summed E-state index contributed by atoms with van der Waals surface area (Å²) in [6, 6.07) is -0.790. The summed E-state index contributed by atoms with van der Waals surface area (Å²) in [5.74, 6) is -0.552. The van der Waals surface area contributed by atoms with E-state index >= 15 is 0 Å². The summed E-state index contributed by atoms with van der Waals surface area (Å²) in [7, 11) is 0. The second-order valence-corrected chi connectivity index (χ2v) is 4.17. The van der Waals surface area contributed by atoms with Crippen LogP contribution in [-0.4, -0.2) is 48.2 Å². The molecule has 5 nitrogen and oxygen atoms in total. The minimum absolute atomic E-state index is 0.205. The molecule has 94 valence electrons. The number of nitrogens with one attached hydrogen (secondary N) is 1. The molecule has 6 heteroatoms. The maximum absolute atomic E-state index is 11.3. The van der Waals surface area contributed by atoms with Crippen LogP contribution in [0.3, 0.4) is 0 Å². The molecule has 0 aromatic carbocycles. The van der Waals surface area contributed by atoms with Crippen molar-refractivity contribution in [3.8, 4) is 0 Å². The molecule has 2 N–H and O–H groups in total. The number of carbonyl (C=O) groups excluding carboxylic acids is 1. The summed E-state index contributed by atoms with van der Waals surface area (Å²) in [6.07, 6.45) is 2.55. The second kappa shape index (κ2) is 9.47. The summed E-state index contributed by atoms with van der Waals surface area (Å²) in [5.41, 5.74) is 0. The van der Waals surface area contributed by atoms with Crippen LogP contribution in [0.1, 0.15) is 19.8 Å². The van der Waals surface area contributed by atoms with Crippen molar-refractivity contribution < 1.29 is 19.4 Å². The lowest BCUT2D eigenvalue weighted by molar-refractivity contribution is -0.142. The Kier molecular flexibility index (Phi) is 9.03. The molecule has 0 unspecified atom stereocenters. The van der Waals surface area contributed by atoms with Crippen molar-refractivity contribution in [2.45, 2.75) is 25.8 Å². The van der Waals surface area contributed by atoms with Gasteiger partial charge in [-0.25, -0.2) is 4.79 Å². The van der Waals surface area contributed by atoms with Gasteiger partial charge < -0.3 is 15.2 Å². The van der Waals surface area contributed by atoms with E-state index < -0.39 is 12.0 Å². The van der Waals surface area contributed by atoms with Gasteiger partial charge in [0.2, 0.25) is 5.91 Å². The number of aliphatic carboxylic acids is 1. The highest BCUT2D eigenvalue weighted by atomic mass is 32.2. The number of thioether (sulfide) groups is 1. The second-order valence-electron chi connectivity index (χ2n) is 3.19. The summed E-state index contributed by atoms with van der Waals surface area (Å²) < 4.78 is 5.01. The first-order valence-corrected chi connectivity index (χ1v) is 6.60. The lowest BCUT2D eigenvalue weighted by Gasteiger charge is -2.13. The molecule has 0 aliphatic carbocycles. The number of rotatable bonds is 9. The molecule has 0 rings (SSSR count). The van der Waals surface area contributed by atoms with Gasteiger partial charge in [0.15, 0.2) is 0 Å². The van der Waals surface area contributed by atoms with Crippen LogP contribution in [0, 0.1) is 0 Å². The van der Waals surface area contributed by atoms with Gasteiger partial charge in [-0.1, -0.05) is 0 Å². The average molecular weight is 249 g/mol. The Labute approximate surface area is 99.9 Å². The third kappa shape index (κ3) is 7.53. The molecule has 16 heavy (non-hydrogen) atoms. The van der Waals surface area contributed by atoms with E-state index in [9.17, 15) is 9.59 Å². The molecule has 0 aromatic heterocycles. The van der Waals surface area contributed by atoms with Crippen LogP contribution >= 0.6 is 11.8 Å². The van der Waals surface area contributed by atoms with Crippen molar-refractivity contribution in [2.24, 2.45) is 0 Å². The van der Waals surface area contributed by atoms with Crippen molar-refractivity contribution >= 4 is 23.6 Å². The minimum atomic E-state index is -0.987. The smallest absolute Gasteiger partial charge is 0.326 e. The Bertz CT molecular complexity index is 223. The molecule has 1 amide bonds. The molecule has 0 saturated carbocycles. The van der Waals surface area contributed by atoms with Crippen LogP contribution in [0.5, 0.6) is 0 Å². The predicted octanol–water partition coefficient (Wildman–Crippen LogP) is 0.735. The zero-order valence-corrected chi connectivity index (χ0v) is 10.5. The molecule has 1 atom stereocenters. The van der Waals surface area contributed by atoms with Crippen LogP contribution < -0.4 is 5.32 Å². The first kappa shape index (κ1) is 15.2. The SMILES string of the molecule is CCOCCC(=O)N[C@@H](CCSC)C(=O)O. The number of carbonyl (C=O) groups is 2. The quantitative estimate of drug-likeness (QED) is 0.589. The Morgan fingerprint density at radius 1 is 1.50 bits per heavy atom. The molecule has 0 saturated heterocycles. The topological polar surface area (TPSA) is 75.6 Å². The Hall–Kier alpha value is -0.750. The fraction of sp³-hybridized carbons (Fsp3) is 0.800. The molecule has 0 heterocycles. The highest BCUT2D eigenvalue weighted by molar-refractivity contribution is 7.98. The van der Waals surface area contributed by atoms with Crippen LogP contribution in [0.25, 0.3) is 0 Å². The monoisotopic (exact) mass is 249 g/mol. The van der Waals surface area contributed by atoms with Gasteiger partial charge in [0.25, 0.3) is 0 Å². The Balaban J connectivity index is 3.88. The van der Waals surface area contributed by atoms with E-state index in [1.54, 1.807) is 11.8 Å². The van der Waals surface area contributed by atoms with E-state index in [4.69, 9.17) is 9.84 Å². The lowest BCUT2D eigenvalue weighted by atomic mass is 10.2. The highest BCUT2D eigenvalue weighted by Gasteiger charge is 2.18. The van der Waals surface area contributed by atoms with Gasteiger partial charge in [-0.2, -0.15) is 11.8 Å². The van der Waals surface area contributed by atoms with E-state index in [1.807, 2.05) is 13.2 Å². The zero-order chi connectivity index (χ0) is 12.4. The zero-order valence-electron chi connectivity index (χ0n) is 9.69. The largest absolute Gasteiger partial charge is 0.480 e. The van der Waals surface area contributed by atoms with Gasteiger partial charge in [-0.05, 0) is 25.4 Å². The van der Waals surface area contributed by atoms with E-state index in [0.29, 0.717) is 25.4 Å². The third-order valence-corrected chi connectivity index (χ3v) is 2.57. The van der Waals surface area contributed by atoms with Crippen molar-refractivity contribution in [1.82, 2.24) is 5.32 Å². The van der Waals surface area contributed by atoms with Crippen molar-refractivity contribution in [1.29, 1.82) is 0 Å². The summed E-state index contributed by atoms with van der Waals surface area (Å²) in [6.45, 7) is 2.73. The maximum Gasteiger partial charge on any atom is 0.326 e. The highest BCUT2D eigenvalue weighted by Crippen LogP contribution is 2.01. The molecule has 0 radical (unpaired) electrons. The van der Waals surface area contributed by atoms with Gasteiger partial charge in [0, 0.05) is 13.0 Å². The van der Waals surface area contributed by atoms with Gasteiger partial charge >= 0.3 is 5.97 Å². The van der Waals surface area contributed by atoms with E-state index in [2.05, 4.69) is 5.32 Å². The number of carboxylic acids is 1.